The van der Waals surface area contributed by atoms with Gasteiger partial charge in [-0.15, -0.1) is 0 Å². The van der Waals surface area contributed by atoms with E-state index >= 15 is 0 Å². The molecule has 0 unspecified atom stereocenters. The van der Waals surface area contributed by atoms with Gasteiger partial charge in [0, 0.05) is 12.6 Å². The van der Waals surface area contributed by atoms with Crippen LogP contribution >= 0.6 is 0 Å². The summed E-state index contributed by atoms with van der Waals surface area (Å²) >= 11 is 0. The zero-order valence-electron chi connectivity index (χ0n) is 12.1. The van der Waals surface area contributed by atoms with Crippen LogP contribution in [-0.4, -0.2) is 6.04 Å². The molecular formula is C16H21F4N. The molecule has 0 spiro atoms. The zero-order valence-corrected chi connectivity index (χ0v) is 12.1. The molecular weight excluding hydrogens is 282 g/mol. The number of hydrogen-bond donors (Lipinski definition) is 1. The molecule has 1 saturated carbocycles. The van der Waals surface area contributed by atoms with Crippen molar-refractivity contribution in [2.24, 2.45) is 5.92 Å². The molecule has 1 aliphatic carbocycles. The SMILES string of the molecule is CCC1CCC(NCc2ccc(F)c(C(F)(F)F)c2)CC1. The summed E-state index contributed by atoms with van der Waals surface area (Å²) < 4.78 is 51.1. The normalized spacial score (nSPS) is 23.3. The number of alkyl halides is 3. The molecule has 2 rings (SSSR count). The second-order valence-electron chi connectivity index (χ2n) is 5.82. The maximum Gasteiger partial charge on any atom is 0.419 e. The van der Waals surface area contributed by atoms with Crippen LogP contribution in [0.5, 0.6) is 0 Å². The Balaban J connectivity index is 1.92. The van der Waals surface area contributed by atoms with Gasteiger partial charge in [-0.2, -0.15) is 13.2 Å². The van der Waals surface area contributed by atoms with Crippen LogP contribution in [0.3, 0.4) is 0 Å². The predicted molar refractivity (Wildman–Crippen MR) is 74.3 cm³/mol. The third-order valence-electron chi connectivity index (χ3n) is 4.36. The van der Waals surface area contributed by atoms with E-state index in [1.165, 1.54) is 25.3 Å². The molecule has 1 N–H and O–H groups in total. The van der Waals surface area contributed by atoms with Crippen molar-refractivity contribution in [3.8, 4) is 0 Å². The summed E-state index contributed by atoms with van der Waals surface area (Å²) in [7, 11) is 0. The Bertz CT molecular complexity index is 462. The van der Waals surface area contributed by atoms with Crippen molar-refractivity contribution in [2.75, 3.05) is 0 Å². The molecule has 118 valence electrons. The van der Waals surface area contributed by atoms with Crippen LogP contribution in [0.1, 0.15) is 50.2 Å². The predicted octanol–water partition coefficient (Wildman–Crippen LogP) is 4.90. The monoisotopic (exact) mass is 303 g/mol. The van der Waals surface area contributed by atoms with Crippen molar-refractivity contribution < 1.29 is 17.6 Å². The lowest BCUT2D eigenvalue weighted by atomic mass is 9.84. The van der Waals surface area contributed by atoms with Crippen LogP contribution in [0.25, 0.3) is 0 Å². The molecule has 1 fully saturated rings. The average molecular weight is 303 g/mol. The molecule has 1 aromatic carbocycles. The Morgan fingerprint density at radius 1 is 1.14 bits per heavy atom. The number of benzene rings is 1. The molecule has 0 saturated heterocycles. The average Bonchev–Trinajstić information content (AvgIpc) is 2.45. The van der Waals surface area contributed by atoms with Crippen LogP contribution in [0.4, 0.5) is 17.6 Å². The van der Waals surface area contributed by atoms with Crippen molar-refractivity contribution in [2.45, 2.75) is 57.8 Å². The molecule has 0 atom stereocenters. The largest absolute Gasteiger partial charge is 0.419 e. The van der Waals surface area contributed by atoms with Gasteiger partial charge in [0.25, 0.3) is 0 Å². The van der Waals surface area contributed by atoms with Crippen molar-refractivity contribution in [1.82, 2.24) is 5.32 Å². The van der Waals surface area contributed by atoms with E-state index in [0.717, 1.165) is 30.9 Å². The zero-order chi connectivity index (χ0) is 15.5. The lowest BCUT2D eigenvalue weighted by Crippen LogP contribution is -2.32. The lowest BCUT2D eigenvalue weighted by Gasteiger charge is -2.28. The highest BCUT2D eigenvalue weighted by atomic mass is 19.4. The molecule has 1 nitrogen and oxygen atoms in total. The number of nitrogens with one attached hydrogen (secondary N) is 1. The summed E-state index contributed by atoms with van der Waals surface area (Å²) in [6.45, 7) is 2.54. The number of hydrogen-bond acceptors (Lipinski definition) is 1. The Labute approximate surface area is 122 Å². The molecule has 1 aromatic rings. The molecule has 0 bridgehead atoms. The quantitative estimate of drug-likeness (QED) is 0.780. The second kappa shape index (κ2) is 6.77. The molecule has 0 radical (unpaired) electrons. The Morgan fingerprint density at radius 3 is 2.38 bits per heavy atom. The van der Waals surface area contributed by atoms with Crippen LogP contribution in [0.2, 0.25) is 0 Å². The maximum atomic E-state index is 13.2. The van der Waals surface area contributed by atoms with E-state index in [0.29, 0.717) is 18.2 Å². The Morgan fingerprint density at radius 2 is 1.81 bits per heavy atom. The highest BCUT2D eigenvalue weighted by molar-refractivity contribution is 5.27. The smallest absolute Gasteiger partial charge is 0.310 e. The van der Waals surface area contributed by atoms with Crippen LogP contribution in [-0.2, 0) is 12.7 Å². The van der Waals surface area contributed by atoms with Crippen LogP contribution in [0.15, 0.2) is 18.2 Å². The molecule has 21 heavy (non-hydrogen) atoms. The first kappa shape index (κ1) is 16.3. The molecule has 5 heteroatoms. The third kappa shape index (κ3) is 4.43. The summed E-state index contributed by atoms with van der Waals surface area (Å²) in [6.07, 6.45) is 1.02. The number of rotatable bonds is 4. The Hall–Kier alpha value is -1.10. The number of halogens is 4. The van der Waals surface area contributed by atoms with Gasteiger partial charge in [-0.25, -0.2) is 4.39 Å². The van der Waals surface area contributed by atoms with Gasteiger partial charge in [0.05, 0.1) is 5.56 Å². The lowest BCUT2D eigenvalue weighted by molar-refractivity contribution is -0.140. The Kier molecular flexibility index (Phi) is 5.25. The van der Waals surface area contributed by atoms with Gasteiger partial charge in [-0.05, 0) is 49.3 Å². The van der Waals surface area contributed by atoms with Crippen molar-refractivity contribution in [1.29, 1.82) is 0 Å². The fourth-order valence-corrected chi connectivity index (χ4v) is 2.94. The summed E-state index contributed by atoms with van der Waals surface area (Å²) in [5, 5.41) is 3.29. The van der Waals surface area contributed by atoms with E-state index in [2.05, 4.69) is 12.2 Å². The van der Waals surface area contributed by atoms with E-state index in [-0.39, 0.29) is 0 Å². The first-order chi connectivity index (χ1) is 9.90. The molecule has 0 heterocycles. The van der Waals surface area contributed by atoms with Gasteiger partial charge in [-0.1, -0.05) is 19.4 Å². The van der Waals surface area contributed by atoms with Gasteiger partial charge in [0.1, 0.15) is 5.82 Å². The van der Waals surface area contributed by atoms with Gasteiger partial charge in [0.15, 0.2) is 0 Å². The minimum Gasteiger partial charge on any atom is -0.310 e. The first-order valence-corrected chi connectivity index (χ1v) is 7.49. The molecule has 0 amide bonds. The van der Waals surface area contributed by atoms with E-state index in [4.69, 9.17) is 0 Å². The third-order valence-corrected chi connectivity index (χ3v) is 4.36. The van der Waals surface area contributed by atoms with Crippen molar-refractivity contribution in [3.63, 3.8) is 0 Å². The molecule has 0 aromatic heterocycles. The maximum absolute atomic E-state index is 13.2. The fourth-order valence-electron chi connectivity index (χ4n) is 2.94. The van der Waals surface area contributed by atoms with Crippen molar-refractivity contribution >= 4 is 0 Å². The van der Waals surface area contributed by atoms with Crippen molar-refractivity contribution in [3.05, 3.63) is 35.1 Å². The van der Waals surface area contributed by atoms with E-state index in [1.54, 1.807) is 0 Å². The van der Waals surface area contributed by atoms with Gasteiger partial charge in [-0.3, -0.25) is 0 Å². The fraction of sp³-hybridized carbons (Fsp3) is 0.625. The van der Waals surface area contributed by atoms with E-state index < -0.39 is 17.6 Å². The standard InChI is InChI=1S/C16H21F4N/c1-2-11-3-6-13(7-4-11)21-10-12-5-8-15(17)14(9-12)16(18,19)20/h5,8-9,11,13,21H,2-4,6-7,10H2,1H3. The van der Waals surface area contributed by atoms with Gasteiger partial charge in [0.2, 0.25) is 0 Å². The minimum atomic E-state index is -4.64. The topological polar surface area (TPSA) is 12.0 Å². The second-order valence-corrected chi connectivity index (χ2v) is 5.82. The summed E-state index contributed by atoms with van der Waals surface area (Å²) in [5.74, 6) is -0.430. The van der Waals surface area contributed by atoms with Gasteiger partial charge < -0.3 is 5.32 Å². The molecule has 0 aliphatic heterocycles. The summed E-state index contributed by atoms with van der Waals surface area (Å²) in [5.41, 5.74) is -0.710. The summed E-state index contributed by atoms with van der Waals surface area (Å²) in [6, 6.07) is 3.57. The summed E-state index contributed by atoms with van der Waals surface area (Å²) in [4.78, 5) is 0. The highest BCUT2D eigenvalue weighted by Crippen LogP contribution is 2.32. The highest BCUT2D eigenvalue weighted by Gasteiger charge is 2.34. The van der Waals surface area contributed by atoms with Crippen LogP contribution in [0, 0.1) is 11.7 Å². The van der Waals surface area contributed by atoms with Gasteiger partial charge >= 0.3 is 6.18 Å². The first-order valence-electron chi connectivity index (χ1n) is 7.49. The minimum absolute atomic E-state index is 0.352. The van der Waals surface area contributed by atoms with Crippen LogP contribution < -0.4 is 5.32 Å². The van der Waals surface area contributed by atoms with E-state index in [9.17, 15) is 17.6 Å². The van der Waals surface area contributed by atoms with E-state index in [1.807, 2.05) is 0 Å². The molecule has 1 aliphatic rings.